The van der Waals surface area contributed by atoms with E-state index in [0.29, 0.717) is 21.3 Å². The second-order valence-electron chi connectivity index (χ2n) is 3.59. The molecular formula is C10H10Cl2N2. The molecule has 0 amide bonds. The van der Waals surface area contributed by atoms with Crippen molar-refractivity contribution in [3.05, 3.63) is 27.7 Å². The van der Waals surface area contributed by atoms with Crippen LogP contribution < -0.4 is 5.73 Å². The van der Waals surface area contributed by atoms with Gasteiger partial charge in [0.15, 0.2) is 0 Å². The van der Waals surface area contributed by atoms with Crippen molar-refractivity contribution < 1.29 is 0 Å². The lowest BCUT2D eigenvalue weighted by atomic mass is 9.86. The molecule has 74 valence electrons. The number of nitrogen functional groups attached to an aromatic ring is 1. The maximum Gasteiger partial charge on any atom is 0.0781 e. The summed E-state index contributed by atoms with van der Waals surface area (Å²) in [5, 5.41) is 9.83. The van der Waals surface area contributed by atoms with Crippen molar-refractivity contribution >= 4 is 28.9 Å². The molecule has 14 heavy (non-hydrogen) atoms. The third-order valence-corrected chi connectivity index (χ3v) is 2.68. The van der Waals surface area contributed by atoms with Gasteiger partial charge in [0.1, 0.15) is 0 Å². The average molecular weight is 229 g/mol. The first-order valence-electron chi connectivity index (χ1n) is 4.04. The molecule has 0 bridgehead atoms. The molecule has 1 aromatic carbocycles. The van der Waals surface area contributed by atoms with E-state index >= 15 is 0 Å². The van der Waals surface area contributed by atoms with Gasteiger partial charge in [-0.2, -0.15) is 5.26 Å². The quantitative estimate of drug-likeness (QED) is 0.750. The summed E-state index contributed by atoms with van der Waals surface area (Å²) in [5.41, 5.74) is 6.12. The summed E-state index contributed by atoms with van der Waals surface area (Å²) in [6, 6.07) is 5.37. The van der Waals surface area contributed by atoms with E-state index in [-0.39, 0.29) is 0 Å². The van der Waals surface area contributed by atoms with E-state index in [1.165, 1.54) is 0 Å². The highest BCUT2D eigenvalue weighted by Gasteiger charge is 2.23. The van der Waals surface area contributed by atoms with Crippen LogP contribution in [-0.4, -0.2) is 0 Å². The fourth-order valence-electron chi connectivity index (χ4n) is 1.10. The molecule has 0 saturated heterocycles. The second kappa shape index (κ2) is 3.68. The average Bonchev–Trinajstić information content (AvgIpc) is 2.11. The first-order chi connectivity index (χ1) is 6.38. The zero-order valence-corrected chi connectivity index (χ0v) is 9.45. The Bertz CT molecular complexity index is 405. The minimum absolute atomic E-state index is 0.410. The molecule has 0 atom stereocenters. The monoisotopic (exact) mass is 228 g/mol. The molecule has 0 aliphatic heterocycles. The molecule has 4 heteroatoms. The zero-order valence-electron chi connectivity index (χ0n) is 7.94. The third-order valence-electron chi connectivity index (χ3n) is 2.04. The summed E-state index contributed by atoms with van der Waals surface area (Å²) >= 11 is 11.8. The number of hydrogen-bond acceptors (Lipinski definition) is 2. The Kier molecular flexibility index (Phi) is 2.94. The molecule has 0 aliphatic rings. The lowest BCUT2D eigenvalue weighted by molar-refractivity contribution is 0.687. The minimum Gasteiger partial charge on any atom is -0.398 e. The summed E-state index contributed by atoms with van der Waals surface area (Å²) in [7, 11) is 0. The molecule has 1 rings (SSSR count). The number of hydrogen-bond donors (Lipinski definition) is 1. The Labute approximate surface area is 93.2 Å². The Hall–Kier alpha value is -0.910. The number of nitrogens with zero attached hydrogens (tertiary/aromatic N) is 1. The molecule has 2 N–H and O–H groups in total. The SMILES string of the molecule is CC(C)(C#N)c1cc(N)c(Cl)cc1Cl. The molecule has 1 aromatic rings. The van der Waals surface area contributed by atoms with Crippen molar-refractivity contribution in [1.82, 2.24) is 0 Å². The number of benzene rings is 1. The van der Waals surface area contributed by atoms with Crippen LogP contribution in [0.5, 0.6) is 0 Å². The van der Waals surface area contributed by atoms with Gasteiger partial charge in [0.2, 0.25) is 0 Å². The van der Waals surface area contributed by atoms with Crippen LogP contribution in [-0.2, 0) is 5.41 Å². The van der Waals surface area contributed by atoms with Gasteiger partial charge in [-0.25, -0.2) is 0 Å². The molecule has 0 fully saturated rings. The molecule has 0 heterocycles. The standard InChI is InChI=1S/C10H10Cl2N2/c1-10(2,5-13)6-3-9(14)8(12)4-7(6)11/h3-4H,14H2,1-2H3. The van der Waals surface area contributed by atoms with Crippen molar-refractivity contribution in [1.29, 1.82) is 5.26 Å². The van der Waals surface area contributed by atoms with Crippen molar-refractivity contribution in [3.63, 3.8) is 0 Å². The number of anilines is 1. The maximum atomic E-state index is 8.95. The van der Waals surface area contributed by atoms with Crippen LogP contribution in [0.15, 0.2) is 12.1 Å². The first kappa shape index (κ1) is 11.2. The lowest BCUT2D eigenvalue weighted by Gasteiger charge is -2.18. The minimum atomic E-state index is -0.657. The smallest absolute Gasteiger partial charge is 0.0781 e. The Morgan fingerprint density at radius 3 is 2.36 bits per heavy atom. The van der Waals surface area contributed by atoms with Gasteiger partial charge < -0.3 is 5.73 Å². The van der Waals surface area contributed by atoms with Gasteiger partial charge in [-0.3, -0.25) is 0 Å². The third kappa shape index (κ3) is 1.95. The van der Waals surface area contributed by atoms with Gasteiger partial charge in [0.25, 0.3) is 0 Å². The van der Waals surface area contributed by atoms with E-state index in [9.17, 15) is 0 Å². The van der Waals surface area contributed by atoms with Crippen LogP contribution in [0.25, 0.3) is 0 Å². The molecule has 0 aliphatic carbocycles. The van der Waals surface area contributed by atoms with Gasteiger partial charge in [-0.05, 0) is 31.5 Å². The van der Waals surface area contributed by atoms with Crippen LogP contribution in [0, 0.1) is 11.3 Å². The van der Waals surface area contributed by atoms with Crippen molar-refractivity contribution in [2.24, 2.45) is 0 Å². The summed E-state index contributed by atoms with van der Waals surface area (Å²) in [6.07, 6.45) is 0. The van der Waals surface area contributed by atoms with Crippen molar-refractivity contribution in [2.45, 2.75) is 19.3 Å². The van der Waals surface area contributed by atoms with Gasteiger partial charge in [0, 0.05) is 5.02 Å². The van der Waals surface area contributed by atoms with E-state index in [0.717, 1.165) is 0 Å². The summed E-state index contributed by atoms with van der Waals surface area (Å²) in [5.74, 6) is 0. The normalized spacial score (nSPS) is 11.1. The molecule has 0 saturated carbocycles. The second-order valence-corrected chi connectivity index (χ2v) is 4.40. The number of nitrogens with two attached hydrogens (primary N) is 1. The van der Waals surface area contributed by atoms with E-state index in [1.807, 2.05) is 0 Å². The van der Waals surface area contributed by atoms with Crippen molar-refractivity contribution in [3.8, 4) is 6.07 Å². The molecule has 2 nitrogen and oxygen atoms in total. The molecule has 0 radical (unpaired) electrons. The van der Waals surface area contributed by atoms with E-state index in [1.54, 1.807) is 26.0 Å². The highest BCUT2D eigenvalue weighted by atomic mass is 35.5. The van der Waals surface area contributed by atoms with Gasteiger partial charge in [-0.1, -0.05) is 23.2 Å². The Morgan fingerprint density at radius 1 is 1.29 bits per heavy atom. The zero-order chi connectivity index (χ0) is 10.9. The largest absolute Gasteiger partial charge is 0.398 e. The fourth-order valence-corrected chi connectivity index (χ4v) is 1.72. The van der Waals surface area contributed by atoms with Crippen LogP contribution in [0.4, 0.5) is 5.69 Å². The predicted molar refractivity (Wildman–Crippen MR) is 59.5 cm³/mol. The van der Waals surface area contributed by atoms with Crippen LogP contribution in [0.2, 0.25) is 10.0 Å². The van der Waals surface area contributed by atoms with Gasteiger partial charge in [0.05, 0.1) is 22.2 Å². The lowest BCUT2D eigenvalue weighted by Crippen LogP contribution is -2.15. The van der Waals surface area contributed by atoms with Crippen LogP contribution in [0.1, 0.15) is 19.4 Å². The van der Waals surface area contributed by atoms with Crippen LogP contribution >= 0.6 is 23.2 Å². The van der Waals surface area contributed by atoms with Crippen LogP contribution in [0.3, 0.4) is 0 Å². The fraction of sp³-hybridized carbons (Fsp3) is 0.300. The molecular weight excluding hydrogens is 219 g/mol. The number of halogens is 2. The number of nitriles is 1. The highest BCUT2D eigenvalue weighted by Crippen LogP contribution is 2.34. The van der Waals surface area contributed by atoms with Gasteiger partial charge >= 0.3 is 0 Å². The molecule has 0 unspecified atom stereocenters. The Balaban J connectivity index is 3.38. The predicted octanol–water partition coefficient (Wildman–Crippen LogP) is 3.38. The molecule has 0 spiro atoms. The molecule has 0 aromatic heterocycles. The summed E-state index contributed by atoms with van der Waals surface area (Å²) < 4.78 is 0. The van der Waals surface area contributed by atoms with E-state index in [2.05, 4.69) is 6.07 Å². The van der Waals surface area contributed by atoms with E-state index < -0.39 is 5.41 Å². The summed E-state index contributed by atoms with van der Waals surface area (Å²) in [4.78, 5) is 0. The van der Waals surface area contributed by atoms with Crippen molar-refractivity contribution in [2.75, 3.05) is 5.73 Å². The number of rotatable bonds is 1. The van der Waals surface area contributed by atoms with Gasteiger partial charge in [-0.15, -0.1) is 0 Å². The summed E-state index contributed by atoms with van der Waals surface area (Å²) in [6.45, 7) is 3.56. The first-order valence-corrected chi connectivity index (χ1v) is 4.80. The highest BCUT2D eigenvalue weighted by molar-refractivity contribution is 6.36. The maximum absolute atomic E-state index is 8.95. The Morgan fingerprint density at radius 2 is 1.86 bits per heavy atom. The topological polar surface area (TPSA) is 49.8 Å². The van der Waals surface area contributed by atoms with E-state index in [4.69, 9.17) is 34.2 Å².